The number of aromatic nitrogens is 2. The van der Waals surface area contributed by atoms with Gasteiger partial charge in [0.15, 0.2) is 17.5 Å². The summed E-state index contributed by atoms with van der Waals surface area (Å²) in [6.45, 7) is 2.05. The summed E-state index contributed by atoms with van der Waals surface area (Å²) >= 11 is 7.81. The van der Waals surface area contributed by atoms with Crippen molar-refractivity contribution < 1.29 is 18.3 Å². The Hall–Kier alpha value is -3.58. The predicted molar refractivity (Wildman–Crippen MR) is 137 cm³/mol. The normalized spacial score (nSPS) is 11.4. The first kappa shape index (κ1) is 28.0. The summed E-state index contributed by atoms with van der Waals surface area (Å²) in [5, 5.41) is 13.2. The van der Waals surface area contributed by atoms with E-state index in [2.05, 4.69) is 20.0 Å². The number of halogens is 3. The van der Waals surface area contributed by atoms with Crippen LogP contribution in [0.3, 0.4) is 0 Å². The molecule has 0 saturated heterocycles. The second-order valence-corrected chi connectivity index (χ2v) is 9.63. The van der Waals surface area contributed by atoms with Crippen molar-refractivity contribution in [3.05, 3.63) is 86.5 Å². The van der Waals surface area contributed by atoms with Crippen molar-refractivity contribution in [3.63, 3.8) is 0 Å². The van der Waals surface area contributed by atoms with Gasteiger partial charge in [-0.05, 0) is 53.2 Å². The third kappa shape index (κ3) is 7.23. The van der Waals surface area contributed by atoms with Crippen LogP contribution in [0, 0.1) is 11.3 Å². The first-order valence-corrected chi connectivity index (χ1v) is 12.5. The van der Waals surface area contributed by atoms with E-state index >= 15 is 0 Å². The molecule has 0 aliphatic rings. The van der Waals surface area contributed by atoms with Gasteiger partial charge in [-0.3, -0.25) is 0 Å². The lowest BCUT2D eigenvalue weighted by Gasteiger charge is -2.27. The van der Waals surface area contributed by atoms with E-state index in [4.69, 9.17) is 26.6 Å². The van der Waals surface area contributed by atoms with Crippen molar-refractivity contribution in [1.82, 2.24) is 9.97 Å². The molecule has 3 rings (SSSR count). The molecular formula is C25H23ClF2N6O2S. The van der Waals surface area contributed by atoms with Crippen molar-refractivity contribution in [2.75, 3.05) is 19.4 Å². The van der Waals surface area contributed by atoms with Gasteiger partial charge in [0, 0.05) is 16.5 Å². The van der Waals surface area contributed by atoms with Crippen LogP contribution >= 0.6 is 23.4 Å². The Morgan fingerprint density at radius 2 is 1.89 bits per heavy atom. The lowest BCUT2D eigenvalue weighted by molar-refractivity contribution is -0.0318. The van der Waals surface area contributed by atoms with Crippen molar-refractivity contribution in [3.8, 4) is 17.6 Å². The molecule has 192 valence electrons. The fourth-order valence-corrected chi connectivity index (χ4v) is 4.04. The lowest BCUT2D eigenvalue weighted by Crippen LogP contribution is -2.29. The molecule has 0 radical (unpaired) electrons. The van der Waals surface area contributed by atoms with Crippen LogP contribution in [0.1, 0.15) is 36.2 Å². The van der Waals surface area contributed by atoms with Gasteiger partial charge in [0.1, 0.15) is 18.4 Å². The summed E-state index contributed by atoms with van der Waals surface area (Å²) in [6, 6.07) is 14.4. The van der Waals surface area contributed by atoms with Crippen LogP contribution in [0.15, 0.2) is 58.9 Å². The lowest BCUT2D eigenvalue weighted by atomic mass is 9.77. The summed E-state index contributed by atoms with van der Waals surface area (Å²) in [4.78, 5) is 10.9. The first-order chi connectivity index (χ1) is 17.6. The molecule has 0 fully saturated rings. The van der Waals surface area contributed by atoms with Gasteiger partial charge >= 0.3 is 0 Å². The number of azide groups is 1. The van der Waals surface area contributed by atoms with Gasteiger partial charge in [-0.25, -0.2) is 18.7 Å². The molecule has 12 heteroatoms. The maximum atomic E-state index is 13.8. The Labute approximate surface area is 222 Å². The van der Waals surface area contributed by atoms with Crippen LogP contribution in [0.2, 0.25) is 5.02 Å². The average Bonchev–Trinajstić information content (AvgIpc) is 2.90. The van der Waals surface area contributed by atoms with E-state index in [-0.39, 0.29) is 16.3 Å². The molecule has 0 saturated carbocycles. The van der Waals surface area contributed by atoms with E-state index in [0.717, 1.165) is 11.3 Å². The summed E-state index contributed by atoms with van der Waals surface area (Å²) in [5.74, 6) is -2.90. The van der Waals surface area contributed by atoms with Gasteiger partial charge in [0.05, 0.1) is 22.8 Å². The van der Waals surface area contributed by atoms with Gasteiger partial charge in [0.25, 0.3) is 5.92 Å². The highest BCUT2D eigenvalue weighted by Crippen LogP contribution is 2.39. The Morgan fingerprint density at radius 1 is 1.16 bits per heavy atom. The highest BCUT2D eigenvalue weighted by atomic mass is 35.5. The summed E-state index contributed by atoms with van der Waals surface area (Å²) in [5.41, 5.74) is 10.1. The van der Waals surface area contributed by atoms with Crippen molar-refractivity contribution >= 4 is 23.4 Å². The Balaban J connectivity index is 1.77. The molecule has 0 amide bonds. The van der Waals surface area contributed by atoms with E-state index in [1.807, 2.05) is 50.4 Å². The molecule has 0 spiro atoms. The maximum absolute atomic E-state index is 13.8. The third-order valence-corrected chi connectivity index (χ3v) is 6.36. The molecule has 0 N–H and O–H groups in total. The molecule has 2 aromatic carbocycles. The highest BCUT2D eigenvalue weighted by Gasteiger charge is 2.31. The second kappa shape index (κ2) is 12.1. The molecule has 0 aliphatic carbocycles. The van der Waals surface area contributed by atoms with Gasteiger partial charge < -0.3 is 9.47 Å². The zero-order valence-corrected chi connectivity index (χ0v) is 21.9. The number of thioether (sulfide) groups is 1. The number of nitriles is 1. The quantitative estimate of drug-likeness (QED) is 0.0847. The van der Waals surface area contributed by atoms with E-state index < -0.39 is 24.5 Å². The summed E-state index contributed by atoms with van der Waals surface area (Å²) < 4.78 is 38.7. The highest BCUT2D eigenvalue weighted by molar-refractivity contribution is 7.98. The van der Waals surface area contributed by atoms with Crippen LogP contribution in [-0.4, -0.2) is 35.3 Å². The van der Waals surface area contributed by atoms with Gasteiger partial charge in [-0.1, -0.05) is 54.5 Å². The topological polar surface area (TPSA) is 117 Å². The predicted octanol–water partition coefficient (Wildman–Crippen LogP) is 6.95. The molecular weight excluding hydrogens is 522 g/mol. The van der Waals surface area contributed by atoms with E-state index in [0.29, 0.717) is 23.1 Å². The van der Waals surface area contributed by atoms with Crippen molar-refractivity contribution in [2.45, 2.75) is 36.9 Å². The van der Waals surface area contributed by atoms with Crippen molar-refractivity contribution in [1.29, 1.82) is 5.26 Å². The smallest absolute Gasteiger partial charge is 0.287 e. The van der Waals surface area contributed by atoms with Gasteiger partial charge in [0.2, 0.25) is 0 Å². The number of alkyl halides is 2. The van der Waals surface area contributed by atoms with Gasteiger partial charge in [-0.15, -0.1) is 0 Å². The first-order valence-electron chi connectivity index (χ1n) is 10.9. The van der Waals surface area contributed by atoms with E-state index in [1.165, 1.54) is 11.8 Å². The average molecular weight is 545 g/mol. The SMILES string of the molecule is CSc1nccc(COc2ccc(C(C)(C)c3cc(Cl)c(OCC(F)(F)CN=[N+]=[N-])c(C#N)c3)cc2)n1. The monoisotopic (exact) mass is 544 g/mol. The minimum absolute atomic E-state index is 0.0181. The van der Waals surface area contributed by atoms with Crippen LogP contribution in [0.25, 0.3) is 10.4 Å². The Bertz CT molecular complexity index is 1340. The molecule has 1 aromatic heterocycles. The molecule has 0 aliphatic heterocycles. The molecule has 1 heterocycles. The largest absolute Gasteiger partial charge is 0.487 e. The van der Waals surface area contributed by atoms with Crippen LogP contribution < -0.4 is 9.47 Å². The zero-order valence-electron chi connectivity index (χ0n) is 20.3. The standard InChI is InChI=1S/C25H23ClF2N6O2S/c1-24(2,17-4-6-20(7-5-17)35-13-19-8-9-31-23(33-19)37-3)18-10-16(12-29)22(21(26)11-18)36-15-25(27,28)14-32-34-30/h4-11H,13-15H2,1-3H3. The number of ether oxygens (including phenoxy) is 2. The number of hydrogen-bond donors (Lipinski definition) is 0. The fraction of sp³-hybridized carbons (Fsp3) is 0.320. The van der Waals surface area contributed by atoms with Crippen LogP contribution in [-0.2, 0) is 12.0 Å². The van der Waals surface area contributed by atoms with Gasteiger partial charge in [-0.2, -0.15) is 5.26 Å². The minimum Gasteiger partial charge on any atom is -0.487 e. The Morgan fingerprint density at radius 3 is 2.54 bits per heavy atom. The molecule has 0 unspecified atom stereocenters. The summed E-state index contributed by atoms with van der Waals surface area (Å²) in [6.07, 6.45) is 3.59. The molecule has 3 aromatic rings. The number of benzene rings is 2. The molecule has 37 heavy (non-hydrogen) atoms. The number of hydrogen-bond acceptors (Lipinski definition) is 7. The summed E-state index contributed by atoms with van der Waals surface area (Å²) in [7, 11) is 0. The van der Waals surface area contributed by atoms with Crippen molar-refractivity contribution in [2.24, 2.45) is 5.11 Å². The van der Waals surface area contributed by atoms with Crippen LogP contribution in [0.5, 0.6) is 11.5 Å². The second-order valence-electron chi connectivity index (χ2n) is 8.45. The number of nitrogens with zero attached hydrogens (tertiary/aromatic N) is 6. The molecule has 0 bridgehead atoms. The number of rotatable bonds is 11. The maximum Gasteiger partial charge on any atom is 0.287 e. The molecule has 0 atom stereocenters. The molecule has 8 nitrogen and oxygen atoms in total. The third-order valence-electron chi connectivity index (χ3n) is 5.52. The van der Waals surface area contributed by atoms with Crippen LogP contribution in [0.4, 0.5) is 8.78 Å². The minimum atomic E-state index is -3.41. The van der Waals surface area contributed by atoms with E-state index in [9.17, 15) is 14.0 Å². The van der Waals surface area contributed by atoms with E-state index in [1.54, 1.807) is 24.4 Å². The fourth-order valence-electron chi connectivity index (χ4n) is 3.39. The Kier molecular flexibility index (Phi) is 9.16. The zero-order chi connectivity index (χ0) is 27.1.